The van der Waals surface area contributed by atoms with Gasteiger partial charge < -0.3 is 0 Å². The van der Waals surface area contributed by atoms with Gasteiger partial charge in [0.05, 0.1) is 5.33 Å². The minimum Gasteiger partial charge on any atom is -0.298 e. The molecule has 0 N–H and O–H groups in total. The Kier molecular flexibility index (Phi) is 4.01. The molecule has 0 radical (unpaired) electrons. The maximum Gasteiger partial charge on any atom is 0.150 e. The van der Waals surface area contributed by atoms with E-state index in [4.69, 9.17) is 0 Å². The van der Waals surface area contributed by atoms with Crippen LogP contribution in [0.4, 0.5) is 0 Å². The Labute approximate surface area is 91.4 Å². The minimum atomic E-state index is 0.0821. The molecule has 1 aromatic carbocycles. The molecular formula is C11H11BrO2. The summed E-state index contributed by atoms with van der Waals surface area (Å²) in [5.41, 5.74) is 2.47. The second-order valence-corrected chi connectivity index (χ2v) is 3.73. The van der Waals surface area contributed by atoms with Crippen LogP contribution in [-0.4, -0.2) is 17.4 Å². The summed E-state index contributed by atoms with van der Waals surface area (Å²) < 4.78 is 0. The van der Waals surface area contributed by atoms with E-state index >= 15 is 0 Å². The highest BCUT2D eigenvalue weighted by molar-refractivity contribution is 9.09. The summed E-state index contributed by atoms with van der Waals surface area (Å²) >= 11 is 3.10. The van der Waals surface area contributed by atoms with E-state index in [9.17, 15) is 9.59 Å². The molecule has 0 saturated heterocycles. The van der Waals surface area contributed by atoms with Crippen molar-refractivity contribution in [3.63, 3.8) is 0 Å². The summed E-state index contributed by atoms with van der Waals surface area (Å²) in [6.07, 6.45) is 1.11. The van der Waals surface area contributed by atoms with E-state index in [1.165, 1.54) is 0 Å². The van der Waals surface area contributed by atoms with E-state index in [1.54, 1.807) is 6.07 Å². The van der Waals surface area contributed by atoms with Gasteiger partial charge in [-0.3, -0.25) is 9.59 Å². The molecule has 0 spiro atoms. The molecule has 0 aliphatic rings. The van der Waals surface area contributed by atoms with Crippen LogP contribution in [0.5, 0.6) is 0 Å². The average Bonchev–Trinajstić information content (AvgIpc) is 2.18. The first kappa shape index (κ1) is 11.1. The number of ketones is 1. The first-order valence-electron chi connectivity index (χ1n) is 4.29. The van der Waals surface area contributed by atoms with Gasteiger partial charge in [-0.1, -0.05) is 39.7 Å². The van der Waals surface area contributed by atoms with Crippen molar-refractivity contribution >= 4 is 28.0 Å². The highest BCUT2D eigenvalue weighted by atomic mass is 79.9. The van der Waals surface area contributed by atoms with Crippen molar-refractivity contribution in [3.05, 3.63) is 34.9 Å². The molecule has 0 fully saturated rings. The molecule has 0 aromatic heterocycles. The number of Topliss-reactive ketones (excluding diaryl/α,β-unsaturated/α-hetero) is 1. The van der Waals surface area contributed by atoms with Crippen molar-refractivity contribution in [1.82, 2.24) is 0 Å². The zero-order valence-corrected chi connectivity index (χ0v) is 9.50. The van der Waals surface area contributed by atoms with Crippen LogP contribution in [0, 0.1) is 6.92 Å². The molecule has 0 aliphatic heterocycles. The number of aryl methyl sites for hydroxylation is 1. The largest absolute Gasteiger partial charge is 0.298 e. The third-order valence-corrected chi connectivity index (χ3v) is 2.59. The molecule has 3 heteroatoms. The Morgan fingerprint density at radius 1 is 1.50 bits per heavy atom. The topological polar surface area (TPSA) is 34.1 Å². The van der Waals surface area contributed by atoms with E-state index in [0.29, 0.717) is 17.3 Å². The lowest BCUT2D eigenvalue weighted by molar-refractivity contribution is -0.115. The number of hydrogen-bond acceptors (Lipinski definition) is 2. The molecule has 1 rings (SSSR count). The predicted molar refractivity (Wildman–Crippen MR) is 59.1 cm³/mol. The van der Waals surface area contributed by atoms with Gasteiger partial charge in [-0.25, -0.2) is 0 Å². The van der Waals surface area contributed by atoms with Crippen LogP contribution in [0.15, 0.2) is 18.2 Å². The molecule has 0 bridgehead atoms. The van der Waals surface area contributed by atoms with Crippen molar-refractivity contribution < 1.29 is 9.59 Å². The highest BCUT2D eigenvalue weighted by Crippen LogP contribution is 2.11. The normalized spacial score (nSPS) is 9.86. The lowest BCUT2D eigenvalue weighted by atomic mass is 10.0. The molecule has 74 valence electrons. The van der Waals surface area contributed by atoms with E-state index in [0.717, 1.165) is 17.4 Å². The van der Waals surface area contributed by atoms with Crippen molar-refractivity contribution in [3.8, 4) is 0 Å². The van der Waals surface area contributed by atoms with Crippen LogP contribution < -0.4 is 0 Å². The maximum absolute atomic E-state index is 11.2. The van der Waals surface area contributed by atoms with Crippen molar-refractivity contribution in [1.29, 1.82) is 0 Å². The van der Waals surface area contributed by atoms with Crippen LogP contribution in [0.1, 0.15) is 21.5 Å². The number of carbonyl (C=O) groups is 2. The first-order chi connectivity index (χ1) is 6.67. The van der Waals surface area contributed by atoms with Crippen LogP contribution in [-0.2, 0) is 11.2 Å². The molecule has 2 nitrogen and oxygen atoms in total. The predicted octanol–water partition coefficient (Wildman–Crippen LogP) is 2.31. The van der Waals surface area contributed by atoms with Gasteiger partial charge in [-0.15, -0.1) is 0 Å². The lowest BCUT2D eigenvalue weighted by Gasteiger charge is -2.03. The zero-order valence-electron chi connectivity index (χ0n) is 7.92. The van der Waals surface area contributed by atoms with Gasteiger partial charge >= 0.3 is 0 Å². The number of benzene rings is 1. The summed E-state index contributed by atoms with van der Waals surface area (Å²) in [6.45, 7) is 1.94. The van der Waals surface area contributed by atoms with Gasteiger partial charge in [0.25, 0.3) is 0 Å². The van der Waals surface area contributed by atoms with Crippen molar-refractivity contribution in [2.45, 2.75) is 13.3 Å². The molecule has 14 heavy (non-hydrogen) atoms. The molecule has 0 aliphatic carbocycles. The summed E-state index contributed by atoms with van der Waals surface area (Å²) in [5.74, 6) is 0.0821. The summed E-state index contributed by atoms with van der Waals surface area (Å²) in [6, 6.07) is 5.50. The molecule has 0 unspecified atom stereocenters. The van der Waals surface area contributed by atoms with Crippen molar-refractivity contribution in [2.75, 3.05) is 5.33 Å². The number of aldehydes is 1. The fourth-order valence-corrected chi connectivity index (χ4v) is 1.46. The second kappa shape index (κ2) is 5.05. The summed E-state index contributed by atoms with van der Waals surface area (Å²) in [4.78, 5) is 21.9. The quantitative estimate of drug-likeness (QED) is 0.611. The van der Waals surface area contributed by atoms with Crippen LogP contribution in [0.25, 0.3) is 0 Å². The number of alkyl halides is 1. The number of halogens is 1. The van der Waals surface area contributed by atoms with Crippen molar-refractivity contribution in [2.24, 2.45) is 0 Å². The third-order valence-electron chi connectivity index (χ3n) is 1.96. The Bertz CT molecular complexity index is 358. The second-order valence-electron chi connectivity index (χ2n) is 3.17. The number of hydrogen-bond donors (Lipinski definition) is 0. The van der Waals surface area contributed by atoms with Gasteiger partial charge in [-0.05, 0) is 12.5 Å². The van der Waals surface area contributed by atoms with E-state index in [1.807, 2.05) is 19.1 Å². The molecule has 1 aromatic rings. The Morgan fingerprint density at radius 3 is 2.79 bits per heavy atom. The Balaban J connectivity index is 2.98. The number of carbonyl (C=O) groups excluding carboxylic acids is 2. The molecule has 0 amide bonds. The first-order valence-corrected chi connectivity index (χ1v) is 5.42. The Morgan fingerprint density at radius 2 is 2.21 bits per heavy atom. The third kappa shape index (κ3) is 2.77. The zero-order chi connectivity index (χ0) is 10.6. The standard InChI is InChI=1S/C11H11BrO2/c1-8-2-3-9(7-13)10(4-8)5-11(14)6-12/h2-4,7H,5-6H2,1H3. The fraction of sp³-hybridized carbons (Fsp3) is 0.273. The number of rotatable bonds is 4. The Hall–Kier alpha value is -0.960. The van der Waals surface area contributed by atoms with Gasteiger partial charge in [0.2, 0.25) is 0 Å². The van der Waals surface area contributed by atoms with Gasteiger partial charge in [0, 0.05) is 12.0 Å². The fourth-order valence-electron chi connectivity index (χ4n) is 1.26. The van der Waals surface area contributed by atoms with E-state index in [2.05, 4.69) is 15.9 Å². The molecule has 0 atom stereocenters. The minimum absolute atomic E-state index is 0.0821. The lowest BCUT2D eigenvalue weighted by Crippen LogP contribution is -2.06. The van der Waals surface area contributed by atoms with Gasteiger partial charge in [-0.2, -0.15) is 0 Å². The van der Waals surface area contributed by atoms with Crippen LogP contribution in [0.3, 0.4) is 0 Å². The van der Waals surface area contributed by atoms with E-state index < -0.39 is 0 Å². The average molecular weight is 255 g/mol. The maximum atomic E-state index is 11.2. The molecule has 0 heterocycles. The summed E-state index contributed by atoms with van der Waals surface area (Å²) in [5, 5.41) is 0.333. The monoisotopic (exact) mass is 254 g/mol. The van der Waals surface area contributed by atoms with Gasteiger partial charge in [0.15, 0.2) is 0 Å². The van der Waals surface area contributed by atoms with E-state index in [-0.39, 0.29) is 5.78 Å². The highest BCUT2D eigenvalue weighted by Gasteiger charge is 2.06. The van der Waals surface area contributed by atoms with Gasteiger partial charge in [0.1, 0.15) is 12.1 Å². The summed E-state index contributed by atoms with van der Waals surface area (Å²) in [7, 11) is 0. The molecular weight excluding hydrogens is 244 g/mol. The van der Waals surface area contributed by atoms with Crippen LogP contribution >= 0.6 is 15.9 Å². The smallest absolute Gasteiger partial charge is 0.150 e. The molecule has 0 saturated carbocycles. The SMILES string of the molecule is Cc1ccc(C=O)c(CC(=O)CBr)c1. The van der Waals surface area contributed by atoms with Crippen LogP contribution in [0.2, 0.25) is 0 Å².